The topological polar surface area (TPSA) is 171 Å². The average molecular weight is 1770 g/mol. The quantitative estimate of drug-likeness (QED) is 0.144. The van der Waals surface area contributed by atoms with E-state index >= 15 is 0 Å². The van der Waals surface area contributed by atoms with Crippen LogP contribution in [0.3, 0.4) is 0 Å². The summed E-state index contributed by atoms with van der Waals surface area (Å²) in [6.07, 6.45) is 15.3. The Labute approximate surface area is 795 Å². The van der Waals surface area contributed by atoms with Gasteiger partial charge in [-0.1, -0.05) is 255 Å². The van der Waals surface area contributed by atoms with E-state index in [2.05, 4.69) is 440 Å². The van der Waals surface area contributed by atoms with Crippen LogP contribution in [0.25, 0.3) is 135 Å². The molecule has 0 unspecified atom stereocenters. The summed E-state index contributed by atoms with van der Waals surface area (Å²) < 4.78 is 0. The first-order chi connectivity index (χ1) is 68.6. The van der Waals surface area contributed by atoms with E-state index in [1.54, 1.807) is 55.8 Å². The molecule has 138 heavy (non-hydrogen) atoms. The molecule has 642 valence electrons. The van der Waals surface area contributed by atoms with E-state index in [1.165, 1.54) is 78.8 Å². The van der Waals surface area contributed by atoms with Gasteiger partial charge in [0.25, 0.3) is 0 Å². The van der Waals surface area contributed by atoms with Crippen LogP contribution in [0.1, 0.15) is 0 Å². The molecule has 6 aliphatic heterocycles. The number of hydrogen-bond donors (Lipinski definition) is 0. The van der Waals surface area contributed by atoms with Crippen molar-refractivity contribution in [3.8, 4) is 135 Å². The van der Waals surface area contributed by atoms with Crippen LogP contribution in [0.4, 0.5) is 103 Å². The van der Waals surface area contributed by atoms with Crippen molar-refractivity contribution in [1.29, 1.82) is 0 Å². The van der Waals surface area contributed by atoms with Gasteiger partial charge >= 0.3 is 21.4 Å². The van der Waals surface area contributed by atoms with Crippen molar-refractivity contribution in [3.63, 3.8) is 0 Å². The van der Waals surface area contributed by atoms with E-state index in [0.717, 1.165) is 107 Å². The molecule has 0 atom stereocenters. The maximum atomic E-state index is 5.63. The third-order valence-electron chi connectivity index (χ3n) is 27.5. The standard InChI is InChI=1S/C41H27BN4.C40H26BN5.C34H20BN11/c1-2-14-28(15-3-1)44-36-22-10-11-23-37(36)45-38-24-12-13-25-39(38)46(42(44)45)40-27-26-35-33-20-7-6-18-31(33)29-16-4-5-17-30(29)32-19-8-9-21-34(32)41(35)43-40;1-2-12-27(13-3-1)44-35-18-8-10-20-37(35)46-38-21-11-9-19-36(38)45(41(44)46)28-22-23-31-29-14-4-6-16-32(29)39-40(43-25-24-42-39)33-17-7-5-15-30(33)34(31)26-28;1-2-8-21(9-3-1)44-22-10-4-5-11-23(22)45-24-12-6-7-13-25(24)46(35(44)45)26-20-42-33-31-29(38-16-17-40-31)27-28(37-15-14-36-27)30-32(34(33)43-26)41-19-18-39-30/h1-27H;1-26H;1-20H. The Morgan fingerprint density at radius 2 is 0.362 bits per heavy atom. The molecule has 6 aromatic heterocycles. The van der Waals surface area contributed by atoms with E-state index in [4.69, 9.17) is 39.9 Å². The van der Waals surface area contributed by atoms with Gasteiger partial charge in [-0.3, -0.25) is 39.9 Å². The van der Waals surface area contributed by atoms with Crippen molar-refractivity contribution in [1.82, 2.24) is 54.8 Å². The molecule has 0 N–H and O–H groups in total. The van der Waals surface area contributed by atoms with Crippen LogP contribution in [0.2, 0.25) is 0 Å². The number of rotatable bonds is 6. The van der Waals surface area contributed by atoms with Crippen LogP contribution in [-0.4, -0.2) is 76.2 Å². The molecule has 0 saturated heterocycles. The van der Waals surface area contributed by atoms with Crippen molar-refractivity contribution in [2.24, 2.45) is 0 Å². The van der Waals surface area contributed by atoms with Gasteiger partial charge < -0.3 is 43.3 Å². The predicted octanol–water partition coefficient (Wildman–Crippen LogP) is 26.6. The fraction of sp³-hybridized carbons (Fsp3) is 0. The largest absolute Gasteiger partial charge is 0.520 e. The van der Waals surface area contributed by atoms with Crippen LogP contribution >= 0.6 is 0 Å². The Morgan fingerprint density at radius 1 is 0.138 bits per heavy atom. The molecule has 3 aliphatic carbocycles. The minimum Gasteiger partial charge on any atom is -0.344 e. The number of pyridine rings is 1. The monoisotopic (exact) mass is 1770 g/mol. The summed E-state index contributed by atoms with van der Waals surface area (Å²) in [6, 6.07) is 138. The van der Waals surface area contributed by atoms with Gasteiger partial charge in [-0.2, -0.15) is 0 Å². The first-order valence-electron chi connectivity index (χ1n) is 46.2. The zero-order valence-corrected chi connectivity index (χ0v) is 73.8. The highest BCUT2D eigenvalue weighted by molar-refractivity contribution is 6.81. The highest BCUT2D eigenvalue weighted by Gasteiger charge is 2.57. The highest BCUT2D eigenvalue weighted by Crippen LogP contribution is 2.62. The zero-order chi connectivity index (χ0) is 90.6. The van der Waals surface area contributed by atoms with Gasteiger partial charge in [0, 0.05) is 94.6 Å². The Kier molecular flexibility index (Phi) is 17.8. The number of hydrogen-bond acceptors (Lipinski definition) is 20. The second-order valence-corrected chi connectivity index (χ2v) is 34.8. The predicted molar refractivity (Wildman–Crippen MR) is 555 cm³/mol. The molecule has 23 heteroatoms. The minimum atomic E-state index is -0.280. The third kappa shape index (κ3) is 11.9. The minimum absolute atomic E-state index is 0.113. The molecule has 12 heterocycles. The van der Waals surface area contributed by atoms with Gasteiger partial charge in [-0.15, -0.1) is 0 Å². The number of nitrogens with zero attached hydrogens (tertiary/aromatic N) is 20. The Balaban J connectivity index is 0.000000102. The number of aromatic nitrogens is 11. The Bertz CT molecular complexity index is 7690. The molecule has 0 radical (unpaired) electrons. The van der Waals surface area contributed by atoms with E-state index in [9.17, 15) is 0 Å². The van der Waals surface area contributed by atoms with Gasteiger partial charge in [0.05, 0.1) is 91.5 Å². The van der Waals surface area contributed by atoms with Crippen molar-refractivity contribution < 1.29 is 0 Å². The fourth-order valence-corrected chi connectivity index (χ4v) is 21.9. The molecular formula is C115H73B3N20. The summed E-state index contributed by atoms with van der Waals surface area (Å²) in [4.78, 5) is 75.6. The van der Waals surface area contributed by atoms with Gasteiger partial charge in [0.1, 0.15) is 57.2 Å². The fourth-order valence-electron chi connectivity index (χ4n) is 21.9. The maximum Gasteiger partial charge on any atom is 0.520 e. The average Bonchev–Trinajstić information content (AvgIpc) is 1.54. The third-order valence-corrected chi connectivity index (χ3v) is 27.5. The first-order valence-corrected chi connectivity index (χ1v) is 46.2. The highest BCUT2D eigenvalue weighted by atomic mass is 15.5. The molecular weight excluding hydrogens is 1690 g/mol. The lowest BCUT2D eigenvalue weighted by Crippen LogP contribution is -2.51. The van der Waals surface area contributed by atoms with Crippen molar-refractivity contribution in [3.05, 3.63) is 444 Å². The van der Waals surface area contributed by atoms with Crippen molar-refractivity contribution >= 4 is 124 Å². The second-order valence-electron chi connectivity index (χ2n) is 34.8. The molecule has 0 bridgehead atoms. The van der Waals surface area contributed by atoms with Crippen LogP contribution in [0.15, 0.2) is 444 Å². The first kappa shape index (κ1) is 78.0. The van der Waals surface area contributed by atoms with E-state index < -0.39 is 0 Å². The molecule has 0 spiro atoms. The van der Waals surface area contributed by atoms with Crippen LogP contribution < -0.4 is 43.3 Å². The van der Waals surface area contributed by atoms with Gasteiger partial charge in [0.15, 0.2) is 0 Å². The van der Waals surface area contributed by atoms with Crippen molar-refractivity contribution in [2.75, 3.05) is 43.3 Å². The van der Waals surface area contributed by atoms with Gasteiger partial charge in [0.2, 0.25) is 0 Å². The van der Waals surface area contributed by atoms with Crippen LogP contribution in [0.5, 0.6) is 0 Å². The molecule has 21 aromatic rings. The smallest absolute Gasteiger partial charge is 0.344 e. The van der Waals surface area contributed by atoms with Crippen molar-refractivity contribution in [2.45, 2.75) is 0 Å². The summed E-state index contributed by atoms with van der Waals surface area (Å²) in [5.74, 6) is 1.56. The van der Waals surface area contributed by atoms with Crippen LogP contribution in [0, 0.1) is 0 Å². The normalized spacial score (nSPS) is 13.5. The summed E-state index contributed by atoms with van der Waals surface area (Å²) in [5, 5.41) is 0. The Morgan fingerprint density at radius 3 is 0.717 bits per heavy atom. The Hall–Kier alpha value is -18.8. The maximum absolute atomic E-state index is 5.63. The lowest BCUT2D eigenvalue weighted by Gasteiger charge is -2.32. The summed E-state index contributed by atoms with van der Waals surface area (Å²) in [5.41, 5.74) is 40.7. The number of benzene rings is 15. The number of fused-ring (bicyclic) bond motifs is 39. The molecule has 0 amide bonds. The molecule has 30 rings (SSSR count). The lowest BCUT2D eigenvalue weighted by atomic mass is 9.82. The SMILES string of the molecule is c1ccc(N2B3N(c4ccc5c(c4)-c4ccccc4-c4nccnc4-c4ccccc4-5)c4ccccc4N3c3ccccc32)cc1.c1ccc(N2B3N(c4ccc5c(n4)-c4ccccc4-c4ccccc4-c4ccccc4-5)c4ccccc4N3c3ccccc32)cc1.c1ccc(N2B3N(c4cnc5c(n4)-c4nccnc4-c4nccnc4-c4nccnc4-5)c4ccccc4N3c3ccccc32)cc1. The van der Waals surface area contributed by atoms with Gasteiger partial charge in [-0.25, -0.2) is 15.0 Å². The zero-order valence-electron chi connectivity index (χ0n) is 73.8. The molecule has 15 aromatic carbocycles. The molecule has 9 aliphatic rings. The van der Waals surface area contributed by atoms with Crippen LogP contribution in [-0.2, 0) is 0 Å². The lowest BCUT2D eigenvalue weighted by molar-refractivity contribution is 1.08. The summed E-state index contributed by atoms with van der Waals surface area (Å²) in [7, 11) is -0.546. The number of para-hydroxylation sites is 15. The number of anilines is 18. The molecule has 0 saturated carbocycles. The summed E-state index contributed by atoms with van der Waals surface area (Å²) in [6.45, 7) is 0. The van der Waals surface area contributed by atoms with E-state index in [1.807, 2.05) is 6.07 Å². The summed E-state index contributed by atoms with van der Waals surface area (Å²) >= 11 is 0. The van der Waals surface area contributed by atoms with Gasteiger partial charge in [-0.05, 0) is 184 Å². The molecule has 0 fully saturated rings. The van der Waals surface area contributed by atoms with E-state index in [-0.39, 0.29) is 21.4 Å². The second kappa shape index (κ2) is 31.5. The van der Waals surface area contributed by atoms with E-state index in [0.29, 0.717) is 51.4 Å². The molecule has 20 nitrogen and oxygen atoms in total.